The smallest absolute Gasteiger partial charge is 0.217 e. The van der Waals surface area contributed by atoms with Crippen LogP contribution < -0.4 is 10.6 Å². The molecule has 25 atom stereocenters. The van der Waals surface area contributed by atoms with Gasteiger partial charge in [-0.15, -0.1) is 0 Å². The van der Waals surface area contributed by atoms with Crippen molar-refractivity contribution >= 4 is 11.8 Å². The number of nitrogens with one attached hydrogen (secondary N) is 2. The average Bonchev–Trinajstić information content (AvgIpc) is 3.21. The van der Waals surface area contributed by atoms with E-state index < -0.39 is 192 Å². The summed E-state index contributed by atoms with van der Waals surface area (Å²) in [6.07, 6.45) is -40.1. The number of ether oxygens (including phenoxy) is 9. The molecule has 5 saturated heterocycles. The maximum Gasteiger partial charge on any atom is 0.217 e. The Hall–Kier alpha value is -1.98. The molecule has 0 aromatic heterocycles. The van der Waals surface area contributed by atoms with E-state index in [-0.39, 0.29) is 0 Å². The molecule has 5 rings (SSSR count). The van der Waals surface area contributed by atoms with Crippen LogP contribution in [0.25, 0.3) is 0 Å². The van der Waals surface area contributed by atoms with E-state index in [1.54, 1.807) is 0 Å². The molecule has 2 unspecified atom stereocenters. The SMILES string of the molecule is CC(=O)N[C@@H]1[C@@H](OC2O[C@H](CO)[C@H](O)[C@H](O)[C@H]2O)[C@@H](O)[C@@H](COC2O[C@H](CO)[C@@H](O[C@@H]3O[C@H](CO)[C@H](O)[C@H](O)[C@H]3O[C@@H]3O[C@@H](C)[C@@H](O)[C@@H](O)[C@@H]3O)[C@H](O)[C@H]2NC(C)=O)O[C@@H]1O. The van der Waals surface area contributed by atoms with Crippen LogP contribution in [0.3, 0.4) is 0 Å². The van der Waals surface area contributed by atoms with Crippen LogP contribution in [0.15, 0.2) is 0 Å². The molecular weight excluding hydrogens is 836 g/mol. The average molecular weight is 895 g/mol. The van der Waals surface area contributed by atoms with Crippen molar-refractivity contribution in [2.24, 2.45) is 0 Å². The Bertz CT molecular complexity index is 1420. The van der Waals surface area contributed by atoms with Gasteiger partial charge in [-0.25, -0.2) is 0 Å². The van der Waals surface area contributed by atoms with E-state index in [0.717, 1.165) is 13.8 Å². The minimum Gasteiger partial charge on any atom is -0.394 e. The van der Waals surface area contributed by atoms with Gasteiger partial charge >= 0.3 is 0 Å². The molecule has 0 aliphatic carbocycles. The van der Waals surface area contributed by atoms with Crippen molar-refractivity contribution in [1.29, 1.82) is 0 Å². The van der Waals surface area contributed by atoms with Crippen LogP contribution in [-0.4, -0.2) is 263 Å². The lowest BCUT2D eigenvalue weighted by Gasteiger charge is -2.49. The Balaban J connectivity index is 1.34. The minimum absolute atomic E-state index is 0.728. The Labute approximate surface area is 346 Å². The number of aliphatic hydroxyl groups is 14. The molecule has 0 saturated carbocycles. The highest BCUT2D eigenvalue weighted by atomic mass is 16.8. The second kappa shape index (κ2) is 21.3. The van der Waals surface area contributed by atoms with Crippen LogP contribution >= 0.6 is 0 Å². The summed E-state index contributed by atoms with van der Waals surface area (Å²) >= 11 is 0. The summed E-state index contributed by atoms with van der Waals surface area (Å²) in [6.45, 7) is 0.0649. The zero-order chi connectivity index (χ0) is 45.2. The van der Waals surface area contributed by atoms with E-state index >= 15 is 0 Å². The van der Waals surface area contributed by atoms with Crippen LogP contribution in [0.5, 0.6) is 0 Å². The van der Waals surface area contributed by atoms with Gasteiger partial charge in [-0.3, -0.25) is 9.59 Å². The predicted octanol–water partition coefficient (Wildman–Crippen LogP) is -10.6. The molecule has 16 N–H and O–H groups in total. The topological polar surface area (TPSA) is 424 Å². The van der Waals surface area contributed by atoms with Gasteiger partial charge in [0.05, 0.1) is 32.5 Å². The Morgan fingerprint density at radius 2 is 0.934 bits per heavy atom. The van der Waals surface area contributed by atoms with Crippen LogP contribution in [0, 0.1) is 0 Å². The van der Waals surface area contributed by atoms with Crippen LogP contribution in [-0.2, 0) is 52.2 Å². The minimum atomic E-state index is -1.96. The van der Waals surface area contributed by atoms with Crippen molar-refractivity contribution in [3.05, 3.63) is 0 Å². The van der Waals surface area contributed by atoms with E-state index in [9.17, 15) is 81.1 Å². The zero-order valence-electron chi connectivity index (χ0n) is 33.0. The molecule has 5 heterocycles. The Morgan fingerprint density at radius 3 is 1.51 bits per heavy atom. The molecule has 27 heteroatoms. The van der Waals surface area contributed by atoms with E-state index in [0.29, 0.717) is 0 Å². The lowest BCUT2D eigenvalue weighted by atomic mass is 9.94. The van der Waals surface area contributed by atoms with Crippen LogP contribution in [0.4, 0.5) is 0 Å². The summed E-state index contributed by atoms with van der Waals surface area (Å²) < 4.78 is 51.1. The summed E-state index contributed by atoms with van der Waals surface area (Å²) in [6, 6.07) is -3.15. The standard InChI is InChI=1S/C34H58N2O25/c1-8-17(42)22(47)25(50)32(54-8)61-29-24(49)19(44)12(5-38)57-34(29)59-27-13(6-39)58-31(15(21(27)46)35-9(2)40)53-7-14-20(45)28(16(30(52)55-14)36-10(3)41)60-33-26(51)23(48)18(43)11(4-37)56-33/h8,11-34,37-39,42-52H,4-7H2,1-3H3,(H,35,40)(H,36,41)/t8-,11+,12+,13+,14+,15+,16+,17+,18-,19-,20-,21+,22+,23-,24-,25-,26+,27+,28+,29+,30-,31?,32-,33?,34-/m0/s1. The third-order valence-electron chi connectivity index (χ3n) is 11.1. The highest BCUT2D eigenvalue weighted by Gasteiger charge is 2.56. The molecule has 27 nitrogen and oxygen atoms in total. The van der Waals surface area contributed by atoms with Crippen molar-refractivity contribution in [1.82, 2.24) is 10.6 Å². The van der Waals surface area contributed by atoms with E-state index in [1.807, 2.05) is 0 Å². The number of hydrogen-bond acceptors (Lipinski definition) is 25. The Kier molecular flexibility index (Phi) is 17.5. The predicted molar refractivity (Wildman–Crippen MR) is 188 cm³/mol. The fourth-order valence-electron chi connectivity index (χ4n) is 7.66. The molecule has 2 amide bonds. The lowest BCUT2D eigenvalue weighted by Crippen LogP contribution is -2.69. The van der Waals surface area contributed by atoms with Gasteiger partial charge in [-0.2, -0.15) is 0 Å². The van der Waals surface area contributed by atoms with Gasteiger partial charge in [0, 0.05) is 13.8 Å². The summed E-state index contributed by atoms with van der Waals surface area (Å²) in [5.74, 6) is -1.49. The molecule has 0 aromatic rings. The highest BCUT2D eigenvalue weighted by molar-refractivity contribution is 5.73. The van der Waals surface area contributed by atoms with Gasteiger partial charge < -0.3 is 125 Å². The summed E-state index contributed by atoms with van der Waals surface area (Å²) in [5, 5.41) is 152. The molecule has 0 aromatic carbocycles. The first-order valence-corrected chi connectivity index (χ1v) is 19.4. The van der Waals surface area contributed by atoms with Crippen molar-refractivity contribution in [2.75, 3.05) is 26.4 Å². The number of aliphatic hydroxyl groups excluding tert-OH is 14. The van der Waals surface area contributed by atoms with Gasteiger partial charge in [0.1, 0.15) is 116 Å². The highest BCUT2D eigenvalue weighted by Crippen LogP contribution is 2.34. The first-order valence-electron chi connectivity index (χ1n) is 19.4. The molecule has 0 bridgehead atoms. The van der Waals surface area contributed by atoms with Crippen molar-refractivity contribution < 1.29 is 124 Å². The van der Waals surface area contributed by atoms with Crippen molar-refractivity contribution in [3.8, 4) is 0 Å². The van der Waals surface area contributed by atoms with E-state index in [1.165, 1.54) is 6.92 Å². The first kappa shape index (κ1) is 50.0. The van der Waals surface area contributed by atoms with Crippen LogP contribution in [0.2, 0.25) is 0 Å². The molecule has 0 radical (unpaired) electrons. The molecular formula is C34H58N2O25. The third kappa shape index (κ3) is 10.9. The van der Waals surface area contributed by atoms with Gasteiger partial charge in [0.25, 0.3) is 0 Å². The molecule has 5 fully saturated rings. The van der Waals surface area contributed by atoms with Crippen molar-refractivity contribution in [2.45, 2.75) is 174 Å². The summed E-state index contributed by atoms with van der Waals surface area (Å²) in [5.41, 5.74) is 0. The van der Waals surface area contributed by atoms with E-state index in [4.69, 9.17) is 42.6 Å². The fourth-order valence-corrected chi connectivity index (χ4v) is 7.66. The first-order chi connectivity index (χ1) is 28.7. The molecule has 61 heavy (non-hydrogen) atoms. The van der Waals surface area contributed by atoms with E-state index in [2.05, 4.69) is 10.6 Å². The van der Waals surface area contributed by atoms with Gasteiger partial charge in [-0.1, -0.05) is 0 Å². The monoisotopic (exact) mass is 894 g/mol. The maximum atomic E-state index is 12.4. The van der Waals surface area contributed by atoms with Crippen LogP contribution in [0.1, 0.15) is 20.8 Å². The number of hydrogen-bond donors (Lipinski definition) is 16. The second-order valence-corrected chi connectivity index (χ2v) is 15.4. The number of amides is 2. The summed E-state index contributed by atoms with van der Waals surface area (Å²) in [4.78, 5) is 24.4. The zero-order valence-corrected chi connectivity index (χ0v) is 33.0. The molecule has 5 aliphatic rings. The largest absolute Gasteiger partial charge is 0.394 e. The van der Waals surface area contributed by atoms with Crippen molar-refractivity contribution in [3.63, 3.8) is 0 Å². The second-order valence-electron chi connectivity index (χ2n) is 15.4. The fraction of sp³-hybridized carbons (Fsp3) is 0.941. The Morgan fingerprint density at radius 1 is 0.459 bits per heavy atom. The van der Waals surface area contributed by atoms with Gasteiger partial charge in [0.15, 0.2) is 31.5 Å². The normalized spacial score (nSPS) is 49.6. The van der Waals surface area contributed by atoms with Gasteiger partial charge in [-0.05, 0) is 6.92 Å². The number of carbonyl (C=O) groups is 2. The maximum absolute atomic E-state index is 12.4. The molecule has 5 aliphatic heterocycles. The third-order valence-corrected chi connectivity index (χ3v) is 11.1. The number of carbonyl (C=O) groups excluding carboxylic acids is 2. The lowest BCUT2D eigenvalue weighted by molar-refractivity contribution is -0.383. The van der Waals surface area contributed by atoms with Gasteiger partial charge in [0.2, 0.25) is 11.8 Å². The summed E-state index contributed by atoms with van der Waals surface area (Å²) in [7, 11) is 0. The quantitative estimate of drug-likeness (QED) is 0.0770. The molecule has 354 valence electrons. The number of rotatable bonds is 14. The molecule has 0 spiro atoms.